The Labute approximate surface area is 127 Å². The molecule has 0 aromatic heterocycles. The molecule has 1 aliphatic rings. The van der Waals surface area contributed by atoms with Gasteiger partial charge in [0.25, 0.3) is 0 Å². The number of benzene rings is 2. The van der Waals surface area contributed by atoms with Gasteiger partial charge in [0.1, 0.15) is 11.6 Å². The van der Waals surface area contributed by atoms with Crippen molar-refractivity contribution in [2.75, 3.05) is 6.61 Å². The molecule has 3 rings (SSSR count). The molecule has 0 bridgehead atoms. The Kier molecular flexibility index (Phi) is 3.33. The average Bonchev–Trinajstić information content (AvgIpc) is 3.20. The molecule has 2 aromatic rings. The van der Waals surface area contributed by atoms with Crippen molar-refractivity contribution in [3.63, 3.8) is 0 Å². The van der Waals surface area contributed by atoms with Crippen LogP contribution >= 0.6 is 22.6 Å². The lowest BCUT2D eigenvalue weighted by Crippen LogP contribution is -2.24. The molecule has 20 heavy (non-hydrogen) atoms. The van der Waals surface area contributed by atoms with Crippen LogP contribution in [0.5, 0.6) is 0 Å². The molecule has 1 fully saturated rings. The number of hydrogen-bond acceptors (Lipinski definition) is 2. The van der Waals surface area contributed by atoms with Gasteiger partial charge in [-0.25, -0.2) is 8.78 Å². The molecule has 1 heterocycles. The molecule has 0 radical (unpaired) electrons. The smallest absolute Gasteiger partial charge is 0.201 e. The molecule has 2 nitrogen and oxygen atoms in total. The van der Waals surface area contributed by atoms with Gasteiger partial charge in [0.2, 0.25) is 5.78 Å². The Bertz CT molecular complexity index is 679. The molecule has 0 amide bonds. The SMILES string of the molecule is O=C(c1ccc(I)cc1)C1(c2ccc(F)cc2F)CO1. The lowest BCUT2D eigenvalue weighted by molar-refractivity contribution is 0.0867. The number of ketones is 1. The summed E-state index contributed by atoms with van der Waals surface area (Å²) in [6.45, 7) is 0.111. The van der Waals surface area contributed by atoms with Crippen LogP contribution in [0.25, 0.3) is 0 Å². The summed E-state index contributed by atoms with van der Waals surface area (Å²) in [7, 11) is 0. The lowest BCUT2D eigenvalue weighted by Gasteiger charge is -2.12. The Morgan fingerprint density at radius 3 is 2.35 bits per heavy atom. The fraction of sp³-hybridized carbons (Fsp3) is 0.133. The highest BCUT2D eigenvalue weighted by Crippen LogP contribution is 2.43. The van der Waals surface area contributed by atoms with Crippen LogP contribution < -0.4 is 0 Å². The third-order valence-corrected chi connectivity index (χ3v) is 3.99. The molecular weight excluding hydrogens is 377 g/mol. The van der Waals surface area contributed by atoms with Gasteiger partial charge in [-0.1, -0.05) is 12.1 Å². The highest BCUT2D eigenvalue weighted by atomic mass is 127. The van der Waals surface area contributed by atoms with Gasteiger partial charge in [0.15, 0.2) is 5.60 Å². The van der Waals surface area contributed by atoms with Gasteiger partial charge < -0.3 is 4.74 Å². The van der Waals surface area contributed by atoms with Crippen LogP contribution in [0.1, 0.15) is 15.9 Å². The molecule has 0 spiro atoms. The van der Waals surface area contributed by atoms with E-state index in [0.717, 1.165) is 15.7 Å². The number of rotatable bonds is 3. The van der Waals surface area contributed by atoms with E-state index < -0.39 is 17.2 Å². The number of epoxide rings is 1. The van der Waals surface area contributed by atoms with Gasteiger partial charge in [0, 0.05) is 20.8 Å². The standard InChI is InChI=1S/C15H9F2IO2/c16-10-3-6-12(13(17)7-10)15(8-20-15)14(19)9-1-4-11(18)5-2-9/h1-7H,8H2. The number of halogens is 3. The van der Waals surface area contributed by atoms with E-state index in [1.165, 1.54) is 6.07 Å². The number of carbonyl (C=O) groups is 1. The molecular formula is C15H9F2IO2. The monoisotopic (exact) mass is 386 g/mol. The average molecular weight is 386 g/mol. The Balaban J connectivity index is 2.00. The van der Waals surface area contributed by atoms with Crippen molar-refractivity contribution in [3.8, 4) is 0 Å². The van der Waals surface area contributed by atoms with Gasteiger partial charge in [0.05, 0.1) is 6.61 Å². The Morgan fingerprint density at radius 2 is 1.80 bits per heavy atom. The minimum Gasteiger partial charge on any atom is -0.356 e. The van der Waals surface area contributed by atoms with Crippen molar-refractivity contribution in [2.24, 2.45) is 0 Å². The minimum absolute atomic E-state index is 0.0856. The molecule has 102 valence electrons. The maximum atomic E-state index is 13.9. The van der Waals surface area contributed by atoms with Gasteiger partial charge >= 0.3 is 0 Å². The summed E-state index contributed by atoms with van der Waals surface area (Å²) in [4.78, 5) is 12.5. The summed E-state index contributed by atoms with van der Waals surface area (Å²) in [5.74, 6) is -1.75. The highest BCUT2D eigenvalue weighted by molar-refractivity contribution is 14.1. The second-order valence-corrected chi connectivity index (χ2v) is 5.82. The molecule has 5 heteroatoms. The first kappa shape index (κ1) is 13.6. The summed E-state index contributed by atoms with van der Waals surface area (Å²) < 4.78 is 33.0. The zero-order valence-corrected chi connectivity index (χ0v) is 12.4. The lowest BCUT2D eigenvalue weighted by atomic mass is 9.90. The molecule has 0 saturated carbocycles. The topological polar surface area (TPSA) is 29.6 Å². The third kappa shape index (κ3) is 2.25. The van der Waals surface area contributed by atoms with Crippen molar-refractivity contribution in [2.45, 2.75) is 5.60 Å². The largest absolute Gasteiger partial charge is 0.356 e. The molecule has 1 unspecified atom stereocenters. The maximum Gasteiger partial charge on any atom is 0.201 e. The minimum atomic E-state index is -1.30. The molecule has 1 aliphatic heterocycles. The molecule has 1 atom stereocenters. The normalized spacial score (nSPS) is 20.8. The van der Waals surface area contributed by atoms with Gasteiger partial charge in [-0.3, -0.25) is 4.79 Å². The van der Waals surface area contributed by atoms with Crippen LogP contribution in [0.3, 0.4) is 0 Å². The quantitative estimate of drug-likeness (QED) is 0.458. The number of Topliss-reactive ketones (excluding diaryl/α,β-unsaturated/α-hetero) is 1. The van der Waals surface area contributed by atoms with E-state index >= 15 is 0 Å². The Hall–Kier alpha value is -1.34. The predicted octanol–water partition coefficient (Wildman–Crippen LogP) is 3.68. The van der Waals surface area contributed by atoms with Crippen LogP contribution in [-0.2, 0) is 10.3 Å². The van der Waals surface area contributed by atoms with Gasteiger partial charge in [-0.15, -0.1) is 0 Å². The van der Waals surface area contributed by atoms with E-state index in [4.69, 9.17) is 4.74 Å². The van der Waals surface area contributed by atoms with Crippen LogP contribution in [-0.4, -0.2) is 12.4 Å². The van der Waals surface area contributed by atoms with Crippen LogP contribution in [0.2, 0.25) is 0 Å². The molecule has 0 aliphatic carbocycles. The first-order chi connectivity index (χ1) is 9.53. The van der Waals surface area contributed by atoms with Crippen molar-refractivity contribution >= 4 is 28.4 Å². The summed E-state index contributed by atoms with van der Waals surface area (Å²) in [5.41, 5.74) is -0.765. The first-order valence-electron chi connectivity index (χ1n) is 5.93. The summed E-state index contributed by atoms with van der Waals surface area (Å²) >= 11 is 2.13. The summed E-state index contributed by atoms with van der Waals surface area (Å²) in [5, 5.41) is 0. The summed E-state index contributed by atoms with van der Waals surface area (Å²) in [6, 6.07) is 10.1. The molecule has 0 N–H and O–H groups in total. The van der Waals surface area contributed by atoms with Gasteiger partial charge in [-0.05, 0) is 46.9 Å². The second kappa shape index (κ2) is 4.89. The fourth-order valence-corrected chi connectivity index (χ4v) is 2.49. The zero-order valence-electron chi connectivity index (χ0n) is 10.2. The van der Waals surface area contributed by atoms with Crippen molar-refractivity contribution in [3.05, 3.63) is 68.8 Å². The van der Waals surface area contributed by atoms with E-state index in [0.29, 0.717) is 5.56 Å². The number of carbonyl (C=O) groups excluding carboxylic acids is 1. The second-order valence-electron chi connectivity index (χ2n) is 4.58. The molecule has 2 aromatic carbocycles. The van der Waals surface area contributed by atoms with Crippen LogP contribution in [0.4, 0.5) is 8.78 Å². The highest BCUT2D eigenvalue weighted by Gasteiger charge is 2.55. The van der Waals surface area contributed by atoms with E-state index in [2.05, 4.69) is 22.6 Å². The van der Waals surface area contributed by atoms with E-state index in [9.17, 15) is 13.6 Å². The Morgan fingerprint density at radius 1 is 1.15 bits per heavy atom. The fourth-order valence-electron chi connectivity index (χ4n) is 2.13. The van der Waals surface area contributed by atoms with Crippen LogP contribution in [0, 0.1) is 15.2 Å². The van der Waals surface area contributed by atoms with Crippen LogP contribution in [0.15, 0.2) is 42.5 Å². The van der Waals surface area contributed by atoms with Crippen molar-refractivity contribution in [1.29, 1.82) is 0 Å². The maximum absolute atomic E-state index is 13.9. The third-order valence-electron chi connectivity index (χ3n) is 3.27. The summed E-state index contributed by atoms with van der Waals surface area (Å²) in [6.07, 6.45) is 0. The zero-order chi connectivity index (χ0) is 14.3. The molecule has 1 saturated heterocycles. The van der Waals surface area contributed by atoms with E-state index in [-0.39, 0.29) is 18.0 Å². The predicted molar refractivity (Wildman–Crippen MR) is 77.5 cm³/mol. The van der Waals surface area contributed by atoms with Crippen molar-refractivity contribution in [1.82, 2.24) is 0 Å². The van der Waals surface area contributed by atoms with Gasteiger partial charge in [-0.2, -0.15) is 0 Å². The number of ether oxygens (including phenoxy) is 1. The van der Waals surface area contributed by atoms with Crippen molar-refractivity contribution < 1.29 is 18.3 Å². The first-order valence-corrected chi connectivity index (χ1v) is 7.01. The van der Waals surface area contributed by atoms with E-state index in [1.807, 2.05) is 0 Å². The number of hydrogen-bond donors (Lipinski definition) is 0. The van der Waals surface area contributed by atoms with E-state index in [1.54, 1.807) is 24.3 Å².